The van der Waals surface area contributed by atoms with Crippen LogP contribution in [0.1, 0.15) is 20.8 Å². The summed E-state index contributed by atoms with van der Waals surface area (Å²) in [5, 5.41) is 3.16. The Balaban J connectivity index is 2.57. The number of aromatic nitrogens is 2. The second kappa shape index (κ2) is 5.75. The molecule has 1 atom stereocenters. The van der Waals surface area contributed by atoms with E-state index in [-0.39, 0.29) is 11.5 Å². The molecule has 0 radical (unpaired) electrons. The van der Waals surface area contributed by atoms with Crippen LogP contribution in [0.2, 0.25) is 0 Å². The molecule has 0 spiro atoms. The molecule has 0 aliphatic carbocycles. The molecule has 1 heterocycles. The Bertz CT molecular complexity index is 304. The monoisotopic (exact) mass is 229 g/mol. The molecule has 4 nitrogen and oxygen atoms in total. The van der Waals surface area contributed by atoms with Gasteiger partial charge in [-0.25, -0.2) is 9.97 Å². The molecule has 0 amide bonds. The summed E-state index contributed by atoms with van der Waals surface area (Å²) in [4.78, 5) is 8.06. The maximum absolute atomic E-state index is 5.81. The normalized spacial score (nSPS) is 12.6. The number of nitrogens with one attached hydrogen (secondary N) is 1. The maximum atomic E-state index is 5.81. The topological polar surface area (TPSA) is 47.0 Å². The highest BCUT2D eigenvalue weighted by atomic mass is 35.5. The largest absolute Gasteiger partial charge is 0.475 e. The van der Waals surface area contributed by atoms with Crippen LogP contribution in [0.3, 0.4) is 0 Å². The van der Waals surface area contributed by atoms with Crippen LogP contribution in [-0.4, -0.2) is 28.0 Å². The molecular weight excluding hydrogens is 214 g/mol. The summed E-state index contributed by atoms with van der Waals surface area (Å²) in [5.74, 6) is 1.30. The molecule has 0 bridgehead atoms. The van der Waals surface area contributed by atoms with E-state index in [1.54, 1.807) is 6.07 Å². The molecule has 1 aromatic rings. The molecule has 0 aromatic carbocycles. The van der Waals surface area contributed by atoms with Gasteiger partial charge in [0.15, 0.2) is 0 Å². The van der Waals surface area contributed by atoms with E-state index in [0.29, 0.717) is 12.4 Å². The Labute approximate surface area is 95.0 Å². The van der Waals surface area contributed by atoms with Gasteiger partial charge in [-0.1, -0.05) is 0 Å². The Kier molecular flexibility index (Phi) is 4.62. The summed E-state index contributed by atoms with van der Waals surface area (Å²) in [7, 11) is 0. The van der Waals surface area contributed by atoms with Gasteiger partial charge in [0, 0.05) is 18.0 Å². The van der Waals surface area contributed by atoms with Crippen molar-refractivity contribution in [3.05, 3.63) is 12.4 Å². The van der Waals surface area contributed by atoms with Crippen molar-refractivity contribution in [2.45, 2.75) is 32.3 Å². The van der Waals surface area contributed by atoms with Gasteiger partial charge in [-0.3, -0.25) is 0 Å². The molecule has 1 rings (SSSR count). The lowest BCUT2D eigenvalue weighted by Crippen LogP contribution is -2.12. The van der Waals surface area contributed by atoms with Crippen molar-refractivity contribution in [3.63, 3.8) is 0 Å². The van der Waals surface area contributed by atoms with Gasteiger partial charge >= 0.3 is 0 Å². The predicted octanol–water partition coefficient (Wildman–Crippen LogP) is 2.30. The van der Waals surface area contributed by atoms with Gasteiger partial charge < -0.3 is 10.1 Å². The van der Waals surface area contributed by atoms with Crippen LogP contribution in [0.15, 0.2) is 12.4 Å². The minimum atomic E-state index is 0.0643. The third-order valence-corrected chi connectivity index (χ3v) is 1.72. The molecule has 84 valence electrons. The molecule has 0 fully saturated rings. The standard InChI is InChI=1S/C10H16ClN3O/c1-7(2)15-10-4-9(13-6-14-10)12-5-8(3)11/h4,6-8H,5H2,1-3H3,(H,12,13,14). The average Bonchev–Trinajstić information content (AvgIpc) is 2.14. The Hall–Kier alpha value is -1.03. The minimum Gasteiger partial charge on any atom is -0.475 e. The highest BCUT2D eigenvalue weighted by Crippen LogP contribution is 2.12. The number of anilines is 1. The number of hydrogen-bond acceptors (Lipinski definition) is 4. The van der Waals surface area contributed by atoms with Crippen LogP contribution in [-0.2, 0) is 0 Å². The van der Waals surface area contributed by atoms with E-state index < -0.39 is 0 Å². The Morgan fingerprint density at radius 1 is 1.40 bits per heavy atom. The molecule has 5 heteroatoms. The fourth-order valence-corrected chi connectivity index (χ4v) is 1.06. The van der Waals surface area contributed by atoms with Gasteiger partial charge in [-0.15, -0.1) is 11.6 Å². The lowest BCUT2D eigenvalue weighted by molar-refractivity contribution is 0.232. The summed E-state index contributed by atoms with van der Waals surface area (Å²) in [6, 6.07) is 1.76. The molecule has 0 saturated carbocycles. The molecular formula is C10H16ClN3O. The fraction of sp³-hybridized carbons (Fsp3) is 0.600. The second-order valence-corrected chi connectivity index (χ2v) is 4.31. The third kappa shape index (κ3) is 4.83. The lowest BCUT2D eigenvalue weighted by Gasteiger charge is -2.10. The first-order chi connectivity index (χ1) is 7.08. The second-order valence-electron chi connectivity index (χ2n) is 3.57. The smallest absolute Gasteiger partial charge is 0.218 e. The van der Waals surface area contributed by atoms with Crippen LogP contribution < -0.4 is 10.1 Å². The van der Waals surface area contributed by atoms with Gasteiger partial charge in [0.05, 0.1) is 6.10 Å². The zero-order chi connectivity index (χ0) is 11.3. The summed E-state index contributed by atoms with van der Waals surface area (Å²) >= 11 is 5.81. The number of halogens is 1. The van der Waals surface area contributed by atoms with E-state index in [1.165, 1.54) is 6.33 Å². The molecule has 15 heavy (non-hydrogen) atoms. The first-order valence-corrected chi connectivity index (χ1v) is 5.38. The van der Waals surface area contributed by atoms with Crippen molar-refractivity contribution in [3.8, 4) is 5.88 Å². The quantitative estimate of drug-likeness (QED) is 0.788. The highest BCUT2D eigenvalue weighted by molar-refractivity contribution is 6.20. The Morgan fingerprint density at radius 3 is 2.73 bits per heavy atom. The van der Waals surface area contributed by atoms with Crippen molar-refractivity contribution >= 4 is 17.4 Å². The zero-order valence-corrected chi connectivity index (χ0v) is 9.95. The van der Waals surface area contributed by atoms with E-state index in [9.17, 15) is 0 Å². The molecule has 1 aromatic heterocycles. The first kappa shape index (κ1) is 12.0. The number of nitrogens with zero attached hydrogens (tertiary/aromatic N) is 2. The van der Waals surface area contributed by atoms with E-state index in [2.05, 4.69) is 15.3 Å². The highest BCUT2D eigenvalue weighted by Gasteiger charge is 2.02. The molecule has 1 N–H and O–H groups in total. The van der Waals surface area contributed by atoms with Crippen molar-refractivity contribution in [2.24, 2.45) is 0 Å². The van der Waals surface area contributed by atoms with E-state index in [0.717, 1.165) is 5.82 Å². The number of ether oxygens (including phenoxy) is 1. The summed E-state index contributed by atoms with van der Waals surface area (Å²) in [5.41, 5.74) is 0. The van der Waals surface area contributed by atoms with Gasteiger partial charge in [-0.05, 0) is 20.8 Å². The lowest BCUT2D eigenvalue weighted by atomic mass is 10.4. The third-order valence-electron chi connectivity index (χ3n) is 1.56. The number of hydrogen-bond donors (Lipinski definition) is 1. The van der Waals surface area contributed by atoms with E-state index in [1.807, 2.05) is 20.8 Å². The Morgan fingerprint density at radius 2 is 2.13 bits per heavy atom. The minimum absolute atomic E-state index is 0.0643. The van der Waals surface area contributed by atoms with Crippen molar-refractivity contribution in [1.29, 1.82) is 0 Å². The van der Waals surface area contributed by atoms with Crippen LogP contribution in [0.4, 0.5) is 5.82 Å². The molecule has 0 aliphatic rings. The SMILES string of the molecule is CC(Cl)CNc1cc(OC(C)C)ncn1. The number of alkyl halides is 1. The summed E-state index contributed by atoms with van der Waals surface area (Å²) < 4.78 is 5.44. The molecule has 1 unspecified atom stereocenters. The van der Waals surface area contributed by atoms with Gasteiger partial charge in [0.1, 0.15) is 12.1 Å². The summed E-state index contributed by atoms with van der Waals surface area (Å²) in [6.45, 7) is 6.49. The molecule has 0 saturated heterocycles. The number of rotatable bonds is 5. The van der Waals surface area contributed by atoms with E-state index >= 15 is 0 Å². The van der Waals surface area contributed by atoms with Gasteiger partial charge in [0.25, 0.3) is 0 Å². The van der Waals surface area contributed by atoms with Crippen molar-refractivity contribution < 1.29 is 4.74 Å². The van der Waals surface area contributed by atoms with Crippen LogP contribution in [0.5, 0.6) is 5.88 Å². The zero-order valence-electron chi connectivity index (χ0n) is 9.20. The first-order valence-electron chi connectivity index (χ1n) is 4.94. The van der Waals surface area contributed by atoms with Crippen LogP contribution in [0.25, 0.3) is 0 Å². The predicted molar refractivity (Wildman–Crippen MR) is 61.6 cm³/mol. The van der Waals surface area contributed by atoms with E-state index in [4.69, 9.17) is 16.3 Å². The molecule has 0 aliphatic heterocycles. The van der Waals surface area contributed by atoms with Gasteiger partial charge in [0.2, 0.25) is 5.88 Å². The van der Waals surface area contributed by atoms with Crippen molar-refractivity contribution in [1.82, 2.24) is 9.97 Å². The maximum Gasteiger partial charge on any atom is 0.218 e. The average molecular weight is 230 g/mol. The summed E-state index contributed by atoms with van der Waals surface area (Å²) in [6.07, 6.45) is 1.58. The fourth-order valence-electron chi connectivity index (χ4n) is 0.987. The van der Waals surface area contributed by atoms with Crippen molar-refractivity contribution in [2.75, 3.05) is 11.9 Å². The van der Waals surface area contributed by atoms with Crippen LogP contribution in [0, 0.1) is 0 Å². The van der Waals surface area contributed by atoms with Gasteiger partial charge in [-0.2, -0.15) is 0 Å². The van der Waals surface area contributed by atoms with Crippen LogP contribution >= 0.6 is 11.6 Å².